The Bertz CT molecular complexity index is 587. The van der Waals surface area contributed by atoms with Gasteiger partial charge in [0.2, 0.25) is 10.0 Å². The predicted octanol–water partition coefficient (Wildman–Crippen LogP) is 2.00. The van der Waals surface area contributed by atoms with Crippen LogP contribution < -0.4 is 19.9 Å². The highest BCUT2D eigenvalue weighted by molar-refractivity contribution is 7.89. The highest BCUT2D eigenvalue weighted by Crippen LogP contribution is 2.33. The van der Waals surface area contributed by atoms with E-state index in [1.165, 1.54) is 26.4 Å². The fourth-order valence-electron chi connectivity index (χ4n) is 1.88. The SMILES string of the molecule is CCC(C)C(C)NS(=O)(=O)c1cc(N)c(OC)cc1OC. The van der Waals surface area contributed by atoms with Crippen LogP contribution in [-0.2, 0) is 10.0 Å². The summed E-state index contributed by atoms with van der Waals surface area (Å²) in [6.07, 6.45) is 0.881. The van der Waals surface area contributed by atoms with Crippen LogP contribution in [0.2, 0.25) is 0 Å². The summed E-state index contributed by atoms with van der Waals surface area (Å²) < 4.78 is 37.9. The summed E-state index contributed by atoms with van der Waals surface area (Å²) in [5.41, 5.74) is 6.04. The smallest absolute Gasteiger partial charge is 0.244 e. The summed E-state index contributed by atoms with van der Waals surface area (Å²) in [4.78, 5) is 0.0125. The molecule has 0 saturated carbocycles. The molecule has 0 radical (unpaired) electrons. The van der Waals surface area contributed by atoms with Crippen molar-refractivity contribution in [3.8, 4) is 11.5 Å². The molecule has 0 aromatic heterocycles. The van der Waals surface area contributed by atoms with Crippen LogP contribution in [-0.4, -0.2) is 28.7 Å². The van der Waals surface area contributed by atoms with Crippen LogP contribution in [0.3, 0.4) is 0 Å². The Kier molecular flexibility index (Phi) is 5.86. The number of benzene rings is 1. The number of rotatable bonds is 7. The van der Waals surface area contributed by atoms with Gasteiger partial charge in [-0.15, -0.1) is 0 Å². The van der Waals surface area contributed by atoms with Crippen LogP contribution in [0.15, 0.2) is 17.0 Å². The van der Waals surface area contributed by atoms with Gasteiger partial charge < -0.3 is 15.2 Å². The first-order chi connectivity index (χ1) is 9.76. The number of nitrogens with two attached hydrogens (primary N) is 1. The zero-order valence-electron chi connectivity index (χ0n) is 13.1. The van der Waals surface area contributed by atoms with E-state index in [9.17, 15) is 8.42 Å². The van der Waals surface area contributed by atoms with E-state index in [4.69, 9.17) is 15.2 Å². The number of anilines is 1. The van der Waals surface area contributed by atoms with Crippen molar-refractivity contribution in [1.82, 2.24) is 4.72 Å². The Hall–Kier alpha value is -1.47. The van der Waals surface area contributed by atoms with Gasteiger partial charge in [-0.05, 0) is 18.9 Å². The van der Waals surface area contributed by atoms with Crippen molar-refractivity contribution in [2.75, 3.05) is 20.0 Å². The number of hydrogen-bond donors (Lipinski definition) is 2. The Balaban J connectivity index is 3.22. The van der Waals surface area contributed by atoms with Crippen molar-refractivity contribution >= 4 is 15.7 Å². The lowest BCUT2D eigenvalue weighted by atomic mass is 10.0. The first-order valence-electron chi connectivity index (χ1n) is 6.80. The molecule has 0 aliphatic carbocycles. The molecule has 1 aromatic rings. The molecule has 0 aliphatic heterocycles. The zero-order chi connectivity index (χ0) is 16.2. The molecule has 3 N–H and O–H groups in total. The number of hydrogen-bond acceptors (Lipinski definition) is 5. The van der Waals surface area contributed by atoms with Gasteiger partial charge in [0.05, 0.1) is 19.9 Å². The molecule has 21 heavy (non-hydrogen) atoms. The molecule has 6 nitrogen and oxygen atoms in total. The molecule has 2 unspecified atom stereocenters. The largest absolute Gasteiger partial charge is 0.495 e. The molecule has 0 bridgehead atoms. The lowest BCUT2D eigenvalue weighted by Crippen LogP contribution is -2.37. The highest BCUT2D eigenvalue weighted by Gasteiger charge is 2.25. The van der Waals surface area contributed by atoms with E-state index in [-0.39, 0.29) is 28.3 Å². The van der Waals surface area contributed by atoms with E-state index in [2.05, 4.69) is 4.72 Å². The molecule has 2 atom stereocenters. The molecule has 1 aromatic carbocycles. The summed E-state index contributed by atoms with van der Waals surface area (Å²) in [7, 11) is -0.850. The van der Waals surface area contributed by atoms with Crippen molar-refractivity contribution in [3.05, 3.63) is 12.1 Å². The van der Waals surface area contributed by atoms with Crippen molar-refractivity contribution in [3.63, 3.8) is 0 Å². The molecule has 0 spiro atoms. The fraction of sp³-hybridized carbons (Fsp3) is 0.571. The molecule has 0 saturated heterocycles. The monoisotopic (exact) mass is 316 g/mol. The van der Waals surface area contributed by atoms with Crippen LogP contribution >= 0.6 is 0 Å². The van der Waals surface area contributed by atoms with E-state index in [1.807, 2.05) is 20.8 Å². The third-order valence-corrected chi connectivity index (χ3v) is 5.22. The summed E-state index contributed by atoms with van der Waals surface area (Å²) >= 11 is 0. The van der Waals surface area contributed by atoms with Crippen LogP contribution in [0.1, 0.15) is 27.2 Å². The predicted molar refractivity (Wildman–Crippen MR) is 83.2 cm³/mol. The van der Waals surface area contributed by atoms with Gasteiger partial charge in [-0.3, -0.25) is 0 Å². The van der Waals surface area contributed by atoms with Gasteiger partial charge in [0.1, 0.15) is 16.4 Å². The first kappa shape index (κ1) is 17.6. The van der Waals surface area contributed by atoms with Crippen molar-refractivity contribution < 1.29 is 17.9 Å². The van der Waals surface area contributed by atoms with Gasteiger partial charge in [-0.1, -0.05) is 20.3 Å². The summed E-state index contributed by atoms with van der Waals surface area (Å²) in [5, 5.41) is 0. The maximum atomic E-state index is 12.5. The highest BCUT2D eigenvalue weighted by atomic mass is 32.2. The Morgan fingerprint density at radius 3 is 2.24 bits per heavy atom. The van der Waals surface area contributed by atoms with Crippen molar-refractivity contribution in [2.45, 2.75) is 38.1 Å². The van der Waals surface area contributed by atoms with E-state index < -0.39 is 10.0 Å². The van der Waals surface area contributed by atoms with Crippen LogP contribution in [0, 0.1) is 5.92 Å². The van der Waals surface area contributed by atoms with Gasteiger partial charge >= 0.3 is 0 Å². The van der Waals surface area contributed by atoms with Crippen LogP contribution in [0.4, 0.5) is 5.69 Å². The average Bonchev–Trinajstić information content (AvgIpc) is 2.45. The van der Waals surface area contributed by atoms with Crippen LogP contribution in [0.5, 0.6) is 11.5 Å². The summed E-state index contributed by atoms with van der Waals surface area (Å²) in [6.45, 7) is 5.85. The summed E-state index contributed by atoms with van der Waals surface area (Å²) in [5.74, 6) is 0.798. The maximum Gasteiger partial charge on any atom is 0.244 e. The van der Waals surface area contributed by atoms with Crippen LogP contribution in [0.25, 0.3) is 0 Å². The molecule has 7 heteroatoms. The second-order valence-corrected chi connectivity index (χ2v) is 6.72. The second-order valence-electron chi connectivity index (χ2n) is 5.04. The molecule has 0 fully saturated rings. The average molecular weight is 316 g/mol. The Morgan fingerprint density at radius 1 is 1.19 bits per heavy atom. The van der Waals surface area contributed by atoms with E-state index in [0.717, 1.165) is 6.42 Å². The number of methoxy groups -OCH3 is 2. The third kappa shape index (κ3) is 4.01. The number of ether oxygens (including phenoxy) is 2. The van der Waals surface area contributed by atoms with E-state index in [1.54, 1.807) is 0 Å². The molecule has 0 heterocycles. The molecular formula is C14H24N2O4S. The fourth-order valence-corrected chi connectivity index (χ4v) is 3.42. The lowest BCUT2D eigenvalue weighted by molar-refractivity contribution is 0.386. The number of nitrogens with one attached hydrogen (secondary N) is 1. The van der Waals surface area contributed by atoms with Gasteiger partial charge in [0.25, 0.3) is 0 Å². The Morgan fingerprint density at radius 2 is 1.76 bits per heavy atom. The topological polar surface area (TPSA) is 90.7 Å². The number of sulfonamides is 1. The molecule has 0 aliphatic rings. The van der Waals surface area contributed by atoms with E-state index >= 15 is 0 Å². The van der Waals surface area contributed by atoms with Gasteiger partial charge in [-0.2, -0.15) is 0 Å². The van der Waals surface area contributed by atoms with Gasteiger partial charge in [0.15, 0.2) is 0 Å². The van der Waals surface area contributed by atoms with Gasteiger partial charge in [-0.25, -0.2) is 13.1 Å². The molecule has 0 amide bonds. The minimum atomic E-state index is -3.72. The zero-order valence-corrected chi connectivity index (χ0v) is 14.0. The molecule has 1 rings (SSSR count). The standard InChI is InChI=1S/C14H24N2O4S/c1-6-9(2)10(3)16-21(17,18)14-7-11(15)12(19-4)8-13(14)20-5/h7-10,16H,6,15H2,1-5H3. The third-order valence-electron chi connectivity index (χ3n) is 3.64. The number of nitrogen functional groups attached to an aromatic ring is 1. The molecule has 120 valence electrons. The quantitative estimate of drug-likeness (QED) is 0.751. The maximum absolute atomic E-state index is 12.5. The Labute approximate surface area is 126 Å². The van der Waals surface area contributed by atoms with Gasteiger partial charge in [0, 0.05) is 12.1 Å². The van der Waals surface area contributed by atoms with E-state index in [0.29, 0.717) is 5.75 Å². The van der Waals surface area contributed by atoms with Crippen molar-refractivity contribution in [1.29, 1.82) is 0 Å². The second kappa shape index (κ2) is 7.00. The minimum Gasteiger partial charge on any atom is -0.495 e. The summed E-state index contributed by atoms with van der Waals surface area (Å²) in [6, 6.07) is 2.63. The normalized spacial score (nSPS) is 14.5. The minimum absolute atomic E-state index is 0.0125. The lowest BCUT2D eigenvalue weighted by Gasteiger charge is -2.21. The van der Waals surface area contributed by atoms with Crippen molar-refractivity contribution in [2.24, 2.45) is 5.92 Å². The molecular weight excluding hydrogens is 292 g/mol. The first-order valence-corrected chi connectivity index (χ1v) is 8.28.